The van der Waals surface area contributed by atoms with Crippen molar-refractivity contribution in [2.75, 3.05) is 24.6 Å². The Hall–Kier alpha value is -2.18. The van der Waals surface area contributed by atoms with Crippen molar-refractivity contribution in [3.63, 3.8) is 0 Å². The van der Waals surface area contributed by atoms with E-state index in [-0.39, 0.29) is 35.6 Å². The van der Waals surface area contributed by atoms with Crippen LogP contribution in [-0.2, 0) is 11.3 Å². The maximum atomic E-state index is 14.0. The van der Waals surface area contributed by atoms with Crippen molar-refractivity contribution in [1.82, 2.24) is 20.0 Å². The number of nitrogens with zero attached hydrogens (tertiary/aromatic N) is 3. The highest BCUT2D eigenvalue weighted by molar-refractivity contribution is 7.99. The lowest BCUT2D eigenvalue weighted by molar-refractivity contribution is -0.156. The predicted molar refractivity (Wildman–Crippen MR) is 131 cm³/mol. The Labute approximate surface area is 213 Å². The molecule has 4 N–H and O–H groups in total. The van der Waals surface area contributed by atoms with Crippen molar-refractivity contribution < 1.29 is 28.9 Å². The summed E-state index contributed by atoms with van der Waals surface area (Å²) in [6.07, 6.45) is 1.63. The van der Waals surface area contributed by atoms with E-state index in [2.05, 4.69) is 17.1 Å². The molecule has 196 valence electrons. The predicted octanol–water partition coefficient (Wildman–Crippen LogP) is 1.86. The molecule has 8 nitrogen and oxygen atoms in total. The third-order valence-corrected chi connectivity index (χ3v) is 8.77. The number of benzene rings is 1. The number of carbonyl (C=O) groups is 1. The fraction of sp³-hybridized carbons (Fsp3) is 0.560. The molecule has 0 saturated carbocycles. The van der Waals surface area contributed by atoms with Gasteiger partial charge in [0.05, 0.1) is 18.3 Å². The van der Waals surface area contributed by atoms with Crippen LogP contribution in [0.2, 0.25) is 0 Å². The van der Waals surface area contributed by atoms with Crippen LogP contribution in [0.25, 0.3) is 0 Å². The van der Waals surface area contributed by atoms with Crippen LogP contribution in [0.4, 0.5) is 8.78 Å². The van der Waals surface area contributed by atoms with Crippen molar-refractivity contribution in [3.05, 3.63) is 58.6 Å². The lowest BCUT2D eigenvalue weighted by Gasteiger charge is -2.57. The number of rotatable bonds is 4. The van der Waals surface area contributed by atoms with Gasteiger partial charge in [0.2, 0.25) is 0 Å². The molecule has 1 amide bonds. The minimum Gasteiger partial charge on any atom is -0.507 e. The van der Waals surface area contributed by atoms with Crippen LogP contribution in [0.3, 0.4) is 0 Å². The molecule has 4 aliphatic heterocycles. The summed E-state index contributed by atoms with van der Waals surface area (Å²) in [6, 6.07) is 3.57. The van der Waals surface area contributed by atoms with Gasteiger partial charge in [0.15, 0.2) is 6.23 Å². The van der Waals surface area contributed by atoms with Crippen LogP contribution in [-0.4, -0.2) is 91.1 Å². The summed E-state index contributed by atoms with van der Waals surface area (Å²) < 4.78 is 27.1. The Balaban J connectivity index is 1.38. The monoisotopic (exact) mass is 522 g/mol. The molecule has 4 aliphatic rings. The third kappa shape index (κ3) is 4.63. The van der Waals surface area contributed by atoms with E-state index in [1.807, 2.05) is 16.7 Å². The Morgan fingerprint density at radius 3 is 2.67 bits per heavy atom. The first-order valence-electron chi connectivity index (χ1n) is 12.4. The number of hydrogen-bond donors (Lipinski definition) is 4. The number of hydrogen-bond acceptors (Lipinski definition) is 8. The van der Waals surface area contributed by atoms with Crippen molar-refractivity contribution in [3.8, 4) is 0 Å². The maximum absolute atomic E-state index is 14.0. The Morgan fingerprint density at radius 1 is 1.19 bits per heavy atom. The number of aliphatic hydroxyl groups excluding tert-OH is 3. The molecule has 4 heterocycles. The molecule has 0 radical (unpaired) electrons. The van der Waals surface area contributed by atoms with Gasteiger partial charge in [-0.15, -0.1) is 0 Å². The first-order chi connectivity index (χ1) is 17.3. The van der Waals surface area contributed by atoms with Gasteiger partial charge in [0, 0.05) is 43.0 Å². The van der Waals surface area contributed by atoms with Gasteiger partial charge in [-0.05, 0) is 43.8 Å². The number of piperazine rings is 1. The van der Waals surface area contributed by atoms with Crippen LogP contribution in [0, 0.1) is 11.6 Å². The van der Waals surface area contributed by atoms with Gasteiger partial charge in [0.25, 0.3) is 5.91 Å². The van der Waals surface area contributed by atoms with E-state index >= 15 is 0 Å². The highest BCUT2D eigenvalue weighted by atomic mass is 32.2. The van der Waals surface area contributed by atoms with Crippen LogP contribution in [0.5, 0.6) is 0 Å². The summed E-state index contributed by atoms with van der Waals surface area (Å²) in [7, 11) is 0. The summed E-state index contributed by atoms with van der Waals surface area (Å²) >= 11 is 1.96. The van der Waals surface area contributed by atoms with Gasteiger partial charge in [0.1, 0.15) is 29.2 Å². The summed E-state index contributed by atoms with van der Waals surface area (Å²) in [5.41, 5.74) is 0.161. The van der Waals surface area contributed by atoms with Gasteiger partial charge < -0.3 is 25.5 Å². The molecule has 36 heavy (non-hydrogen) atoms. The number of thioether (sulfide) groups is 1. The first-order valence-corrected chi connectivity index (χ1v) is 13.5. The summed E-state index contributed by atoms with van der Waals surface area (Å²) in [6.45, 7) is 3.17. The molecular weight excluding hydrogens is 490 g/mol. The highest BCUT2D eigenvalue weighted by Gasteiger charge is 2.49. The number of aliphatic hydroxyl groups is 3. The second-order valence-corrected chi connectivity index (χ2v) is 11.1. The van der Waals surface area contributed by atoms with Crippen molar-refractivity contribution in [1.29, 1.82) is 0 Å². The average Bonchev–Trinajstić information content (AvgIpc) is 2.86. The smallest absolute Gasteiger partial charge is 0.252 e. The summed E-state index contributed by atoms with van der Waals surface area (Å²) in [5, 5.41) is 35.5. The maximum Gasteiger partial charge on any atom is 0.252 e. The zero-order valence-corrected chi connectivity index (χ0v) is 20.9. The van der Waals surface area contributed by atoms with E-state index < -0.39 is 35.6 Å². The molecule has 11 heteroatoms. The second-order valence-electron chi connectivity index (χ2n) is 9.85. The molecule has 0 aliphatic carbocycles. The molecule has 2 unspecified atom stereocenters. The normalized spacial score (nSPS) is 30.0. The Kier molecular flexibility index (Phi) is 7.28. The molecular formula is C25H32F2N4O4S. The van der Waals surface area contributed by atoms with Gasteiger partial charge in [-0.1, -0.05) is 6.07 Å². The topological polar surface area (TPSA) is 99.5 Å². The standard InChI is InChI=1S/C25H32F2N4O4S/c1-14-4-7-30(17-5-8-36-9-6-17)20-13-29-12-18(22(32)23(33)21(29)25(35)31(14)20)24(34)28-11-15-2-3-16(26)10-19(15)27/h2-3,10,12,14,17,20,22,25,32-33,35H,4-9,11,13H2,1H3,(H,28,34)/t14-,20-,22?,25?/m0/s1. The Morgan fingerprint density at radius 2 is 1.94 bits per heavy atom. The van der Waals surface area contributed by atoms with Crippen LogP contribution < -0.4 is 5.32 Å². The number of carbonyl (C=O) groups excluding carboxylic acids is 1. The minimum atomic E-state index is -1.63. The molecule has 4 atom stereocenters. The van der Waals surface area contributed by atoms with Crippen LogP contribution in [0.1, 0.15) is 31.7 Å². The molecule has 0 spiro atoms. The molecule has 0 aromatic heterocycles. The fourth-order valence-corrected chi connectivity index (χ4v) is 6.84. The summed E-state index contributed by atoms with van der Waals surface area (Å²) in [5.74, 6) is -0.456. The van der Waals surface area contributed by atoms with Crippen molar-refractivity contribution in [2.24, 2.45) is 0 Å². The van der Waals surface area contributed by atoms with Gasteiger partial charge in [-0.3, -0.25) is 14.6 Å². The number of halogens is 2. The number of fused-ring (bicyclic) bond motifs is 2. The zero-order chi connectivity index (χ0) is 25.6. The quantitative estimate of drug-likeness (QED) is 0.476. The summed E-state index contributed by atoms with van der Waals surface area (Å²) in [4.78, 5) is 19.0. The third-order valence-electron chi connectivity index (χ3n) is 7.72. The largest absolute Gasteiger partial charge is 0.507 e. The molecule has 0 bridgehead atoms. The molecule has 1 aromatic rings. The van der Waals surface area contributed by atoms with E-state index in [4.69, 9.17) is 0 Å². The van der Waals surface area contributed by atoms with Crippen LogP contribution in [0.15, 0.2) is 41.4 Å². The number of amides is 1. The van der Waals surface area contributed by atoms with E-state index in [1.165, 1.54) is 12.3 Å². The van der Waals surface area contributed by atoms with Crippen LogP contribution >= 0.6 is 11.8 Å². The SMILES string of the molecule is C[C@H]1CCN(C2CCSCC2)[C@@H]2CN3C=C(C(=O)NCc4ccc(F)cc4F)C(O)C(O)=C3C(O)N12. The van der Waals surface area contributed by atoms with Crippen molar-refractivity contribution in [2.45, 2.75) is 63.3 Å². The van der Waals surface area contributed by atoms with E-state index in [0.717, 1.165) is 49.4 Å². The average molecular weight is 523 g/mol. The Bertz CT molecular complexity index is 1080. The minimum absolute atomic E-state index is 0.0816. The van der Waals surface area contributed by atoms with E-state index in [1.54, 1.807) is 4.90 Å². The van der Waals surface area contributed by atoms with E-state index in [9.17, 15) is 28.9 Å². The molecule has 3 saturated heterocycles. The zero-order valence-electron chi connectivity index (χ0n) is 20.1. The van der Waals surface area contributed by atoms with Crippen molar-refractivity contribution >= 4 is 17.7 Å². The molecule has 5 rings (SSSR count). The first kappa shape index (κ1) is 25.5. The lowest BCUT2D eigenvalue weighted by Crippen LogP contribution is -2.70. The van der Waals surface area contributed by atoms with Gasteiger partial charge in [-0.25, -0.2) is 8.78 Å². The van der Waals surface area contributed by atoms with E-state index in [0.29, 0.717) is 12.6 Å². The second kappa shape index (κ2) is 10.3. The fourth-order valence-electron chi connectivity index (χ4n) is 5.76. The van der Waals surface area contributed by atoms with Gasteiger partial charge >= 0.3 is 0 Å². The molecule has 1 aromatic carbocycles. The lowest BCUT2D eigenvalue weighted by atomic mass is 9.95. The number of nitrogens with one attached hydrogen (secondary N) is 1. The van der Waals surface area contributed by atoms with Gasteiger partial charge in [-0.2, -0.15) is 11.8 Å². The molecule has 3 fully saturated rings. The highest BCUT2D eigenvalue weighted by Crippen LogP contribution is 2.39.